The Bertz CT molecular complexity index is 336. The van der Waals surface area contributed by atoms with Crippen LogP contribution in [0.5, 0.6) is 0 Å². The molecular weight excluding hydrogens is 204 g/mol. The fraction of sp³-hybridized carbons (Fsp3) is 0.529. The Balaban J connectivity index is 2.71. The first-order chi connectivity index (χ1) is 8.31. The van der Waals surface area contributed by atoms with E-state index in [2.05, 4.69) is 38.6 Å². The van der Waals surface area contributed by atoms with Crippen molar-refractivity contribution in [1.82, 2.24) is 0 Å². The highest BCUT2D eigenvalue weighted by Gasteiger charge is 2.01. The van der Waals surface area contributed by atoms with E-state index < -0.39 is 0 Å². The smallest absolute Gasteiger partial charge is 0.0230 e. The molecule has 0 fully saturated rings. The second kappa shape index (κ2) is 8.11. The molecule has 0 aliphatic rings. The monoisotopic (exact) mass is 230 g/mol. The van der Waals surface area contributed by atoms with E-state index in [-0.39, 0.29) is 0 Å². The van der Waals surface area contributed by atoms with Gasteiger partial charge in [0.25, 0.3) is 0 Å². The van der Waals surface area contributed by atoms with Crippen LogP contribution in [0.3, 0.4) is 0 Å². The summed E-state index contributed by atoms with van der Waals surface area (Å²) in [6, 6.07) is 6.89. The van der Waals surface area contributed by atoms with Crippen molar-refractivity contribution in [3.8, 4) is 0 Å². The Morgan fingerprint density at radius 1 is 1.00 bits per heavy atom. The van der Waals surface area contributed by atoms with Crippen LogP contribution in [0.4, 0.5) is 0 Å². The Kier molecular flexibility index (Phi) is 6.69. The van der Waals surface area contributed by atoms with Crippen molar-refractivity contribution in [1.29, 1.82) is 0 Å². The molecule has 0 nitrogen and oxygen atoms in total. The minimum atomic E-state index is 1.20. The molecular formula is C17H26. The van der Waals surface area contributed by atoms with Crippen LogP contribution in [0.2, 0.25) is 0 Å². The van der Waals surface area contributed by atoms with Crippen molar-refractivity contribution in [2.24, 2.45) is 0 Å². The van der Waals surface area contributed by atoms with E-state index in [0.717, 1.165) is 0 Å². The zero-order valence-corrected chi connectivity index (χ0v) is 11.5. The van der Waals surface area contributed by atoms with Gasteiger partial charge in [-0.3, -0.25) is 0 Å². The number of aryl methyl sites for hydroxylation is 2. The largest absolute Gasteiger partial charge is 0.0985 e. The standard InChI is InChI=1S/C17H26/c1-4-7-9-11-17-14-15(10-8-5-2)12-13-16(17)6-3/h6,12-14H,3-5,7-11H2,1-2H3. The predicted molar refractivity (Wildman–Crippen MR) is 78.4 cm³/mol. The third kappa shape index (κ3) is 4.77. The van der Waals surface area contributed by atoms with E-state index in [4.69, 9.17) is 0 Å². The highest BCUT2D eigenvalue weighted by molar-refractivity contribution is 5.53. The molecule has 0 heterocycles. The van der Waals surface area contributed by atoms with Gasteiger partial charge in [0.1, 0.15) is 0 Å². The van der Waals surface area contributed by atoms with Crippen LogP contribution in [0, 0.1) is 0 Å². The lowest BCUT2D eigenvalue weighted by Gasteiger charge is -2.09. The molecule has 1 rings (SSSR count). The normalized spacial score (nSPS) is 10.5. The van der Waals surface area contributed by atoms with E-state index in [1.807, 2.05) is 6.08 Å². The molecule has 0 atom stereocenters. The molecule has 17 heavy (non-hydrogen) atoms. The van der Waals surface area contributed by atoms with Crippen LogP contribution in [0.25, 0.3) is 6.08 Å². The first-order valence-corrected chi connectivity index (χ1v) is 7.06. The Labute approximate surface area is 107 Å². The lowest BCUT2D eigenvalue weighted by atomic mass is 9.97. The third-order valence-corrected chi connectivity index (χ3v) is 3.30. The molecule has 0 saturated carbocycles. The van der Waals surface area contributed by atoms with Gasteiger partial charge in [-0.1, -0.05) is 64.0 Å². The van der Waals surface area contributed by atoms with E-state index in [9.17, 15) is 0 Å². The quantitative estimate of drug-likeness (QED) is 0.524. The van der Waals surface area contributed by atoms with Gasteiger partial charge in [-0.25, -0.2) is 0 Å². The van der Waals surface area contributed by atoms with Gasteiger partial charge in [-0.2, -0.15) is 0 Å². The summed E-state index contributed by atoms with van der Waals surface area (Å²) in [5, 5.41) is 0. The van der Waals surface area contributed by atoms with Gasteiger partial charge in [-0.05, 0) is 42.4 Å². The van der Waals surface area contributed by atoms with Crippen LogP contribution in [0.1, 0.15) is 62.6 Å². The van der Waals surface area contributed by atoms with Crippen molar-refractivity contribution in [2.75, 3.05) is 0 Å². The summed E-state index contributed by atoms with van der Waals surface area (Å²) < 4.78 is 0. The van der Waals surface area contributed by atoms with Crippen LogP contribution >= 0.6 is 0 Å². The maximum Gasteiger partial charge on any atom is -0.0230 e. The molecule has 0 spiro atoms. The van der Waals surface area contributed by atoms with E-state index in [1.165, 1.54) is 61.6 Å². The lowest BCUT2D eigenvalue weighted by molar-refractivity contribution is 0.715. The number of rotatable bonds is 8. The number of benzene rings is 1. The molecule has 0 bridgehead atoms. The summed E-state index contributed by atoms with van der Waals surface area (Å²) in [5.41, 5.74) is 4.30. The molecule has 0 radical (unpaired) electrons. The van der Waals surface area contributed by atoms with Crippen molar-refractivity contribution in [3.63, 3.8) is 0 Å². The van der Waals surface area contributed by atoms with Gasteiger partial charge in [0.15, 0.2) is 0 Å². The van der Waals surface area contributed by atoms with Crippen LogP contribution in [-0.4, -0.2) is 0 Å². The summed E-state index contributed by atoms with van der Waals surface area (Å²) in [6.07, 6.45) is 10.9. The van der Waals surface area contributed by atoms with Crippen molar-refractivity contribution >= 4 is 6.08 Å². The minimum Gasteiger partial charge on any atom is -0.0985 e. The molecule has 0 aliphatic heterocycles. The summed E-state index contributed by atoms with van der Waals surface area (Å²) in [7, 11) is 0. The van der Waals surface area contributed by atoms with Gasteiger partial charge < -0.3 is 0 Å². The lowest BCUT2D eigenvalue weighted by Crippen LogP contribution is -1.93. The zero-order chi connectivity index (χ0) is 12.5. The second-order valence-electron chi connectivity index (χ2n) is 4.80. The molecule has 94 valence electrons. The fourth-order valence-corrected chi connectivity index (χ4v) is 2.18. The topological polar surface area (TPSA) is 0 Å². The number of hydrogen-bond acceptors (Lipinski definition) is 0. The molecule has 0 heteroatoms. The SMILES string of the molecule is C=Cc1ccc(CCCC)cc1CCCCC. The van der Waals surface area contributed by atoms with Gasteiger partial charge in [0.05, 0.1) is 0 Å². The van der Waals surface area contributed by atoms with Crippen LogP contribution < -0.4 is 0 Å². The molecule has 0 saturated heterocycles. The van der Waals surface area contributed by atoms with E-state index in [1.54, 1.807) is 0 Å². The predicted octanol–water partition coefficient (Wildman–Crippen LogP) is 5.40. The zero-order valence-electron chi connectivity index (χ0n) is 11.5. The van der Waals surface area contributed by atoms with E-state index >= 15 is 0 Å². The molecule has 1 aromatic carbocycles. The molecule has 0 aliphatic carbocycles. The maximum absolute atomic E-state index is 3.91. The average molecular weight is 230 g/mol. The summed E-state index contributed by atoms with van der Waals surface area (Å²) in [5.74, 6) is 0. The molecule has 1 aromatic rings. The van der Waals surface area contributed by atoms with Gasteiger partial charge in [0.2, 0.25) is 0 Å². The summed E-state index contributed by atoms with van der Waals surface area (Å²) in [6.45, 7) is 8.42. The van der Waals surface area contributed by atoms with Gasteiger partial charge >= 0.3 is 0 Å². The Hall–Kier alpha value is -1.04. The summed E-state index contributed by atoms with van der Waals surface area (Å²) >= 11 is 0. The molecule has 0 unspecified atom stereocenters. The van der Waals surface area contributed by atoms with Crippen molar-refractivity contribution < 1.29 is 0 Å². The molecule has 0 N–H and O–H groups in total. The average Bonchev–Trinajstić information content (AvgIpc) is 2.37. The minimum absolute atomic E-state index is 1.20. The van der Waals surface area contributed by atoms with Crippen molar-refractivity contribution in [2.45, 2.75) is 58.8 Å². The van der Waals surface area contributed by atoms with Gasteiger partial charge in [0, 0.05) is 0 Å². The molecule has 0 aromatic heterocycles. The first-order valence-electron chi connectivity index (χ1n) is 7.06. The number of unbranched alkanes of at least 4 members (excludes halogenated alkanes) is 3. The Morgan fingerprint density at radius 3 is 2.41 bits per heavy atom. The first kappa shape index (κ1) is 14.0. The summed E-state index contributed by atoms with van der Waals surface area (Å²) in [4.78, 5) is 0. The third-order valence-electron chi connectivity index (χ3n) is 3.30. The van der Waals surface area contributed by atoms with Crippen LogP contribution in [-0.2, 0) is 12.8 Å². The fourth-order valence-electron chi connectivity index (χ4n) is 2.18. The van der Waals surface area contributed by atoms with Crippen LogP contribution in [0.15, 0.2) is 24.8 Å². The maximum atomic E-state index is 3.91. The van der Waals surface area contributed by atoms with E-state index in [0.29, 0.717) is 0 Å². The second-order valence-corrected chi connectivity index (χ2v) is 4.80. The molecule has 0 amide bonds. The van der Waals surface area contributed by atoms with Gasteiger partial charge in [-0.15, -0.1) is 0 Å². The Morgan fingerprint density at radius 2 is 1.76 bits per heavy atom. The highest BCUT2D eigenvalue weighted by Crippen LogP contribution is 2.18. The highest BCUT2D eigenvalue weighted by atomic mass is 14.1. The number of hydrogen-bond donors (Lipinski definition) is 0. The van der Waals surface area contributed by atoms with Crippen molar-refractivity contribution in [3.05, 3.63) is 41.5 Å².